The number of rotatable bonds is 2. The van der Waals surface area contributed by atoms with Crippen molar-refractivity contribution in [3.05, 3.63) is 0 Å². The van der Waals surface area contributed by atoms with Crippen LogP contribution in [-0.4, -0.2) is 24.1 Å². The fourth-order valence-corrected chi connectivity index (χ4v) is 3.46. The molecule has 0 aromatic carbocycles. The van der Waals surface area contributed by atoms with E-state index in [-0.39, 0.29) is 11.9 Å². The zero-order valence-electron chi connectivity index (χ0n) is 11.7. The van der Waals surface area contributed by atoms with Gasteiger partial charge in [0.15, 0.2) is 0 Å². The standard InChI is InChI=1S/C14H23NO4/c1-10(2)8-11-9-15-19-14(11)12(16)17-13(18-14)6-4-3-5-7-13/h10-11,15H,3-9H2,1-2H3. The van der Waals surface area contributed by atoms with Crippen molar-refractivity contribution in [1.82, 2.24) is 5.48 Å². The molecule has 5 nitrogen and oxygen atoms in total. The first-order valence-corrected chi connectivity index (χ1v) is 7.41. The van der Waals surface area contributed by atoms with Crippen LogP contribution in [0.1, 0.15) is 52.4 Å². The van der Waals surface area contributed by atoms with Crippen LogP contribution in [0, 0.1) is 11.8 Å². The van der Waals surface area contributed by atoms with Gasteiger partial charge in [-0.25, -0.2) is 4.79 Å². The van der Waals surface area contributed by atoms with Gasteiger partial charge in [-0.2, -0.15) is 5.48 Å². The minimum atomic E-state index is -1.21. The average molecular weight is 269 g/mol. The maximum Gasteiger partial charge on any atom is 0.371 e. The van der Waals surface area contributed by atoms with E-state index in [0.29, 0.717) is 12.5 Å². The molecule has 2 aliphatic heterocycles. The molecule has 0 amide bonds. The summed E-state index contributed by atoms with van der Waals surface area (Å²) in [4.78, 5) is 17.9. The minimum Gasteiger partial charge on any atom is -0.429 e. The second-order valence-corrected chi connectivity index (χ2v) is 6.41. The van der Waals surface area contributed by atoms with Crippen molar-refractivity contribution in [2.75, 3.05) is 6.54 Å². The average Bonchev–Trinajstić information content (AvgIpc) is 2.84. The number of hydrogen-bond donors (Lipinski definition) is 1. The first-order chi connectivity index (χ1) is 9.06. The molecule has 2 atom stereocenters. The quantitative estimate of drug-likeness (QED) is 0.778. The molecule has 1 N–H and O–H groups in total. The van der Waals surface area contributed by atoms with Crippen LogP contribution < -0.4 is 5.48 Å². The lowest BCUT2D eigenvalue weighted by molar-refractivity contribution is -0.282. The van der Waals surface area contributed by atoms with E-state index in [0.717, 1.165) is 32.1 Å². The Hall–Kier alpha value is -0.650. The van der Waals surface area contributed by atoms with Gasteiger partial charge in [0, 0.05) is 25.3 Å². The van der Waals surface area contributed by atoms with Gasteiger partial charge in [0.05, 0.1) is 0 Å². The SMILES string of the molecule is CC(C)CC1CNOC12OC1(CCCCC1)OC2=O. The predicted octanol–water partition coefficient (Wildman–Crippen LogP) is 2.11. The van der Waals surface area contributed by atoms with Gasteiger partial charge in [0.2, 0.25) is 5.79 Å². The van der Waals surface area contributed by atoms with E-state index >= 15 is 0 Å². The van der Waals surface area contributed by atoms with Gasteiger partial charge in [0.1, 0.15) is 0 Å². The zero-order chi connectivity index (χ0) is 13.5. The van der Waals surface area contributed by atoms with Gasteiger partial charge in [-0.15, -0.1) is 0 Å². The summed E-state index contributed by atoms with van der Waals surface area (Å²) in [6.45, 7) is 4.93. The molecule has 2 spiro atoms. The monoisotopic (exact) mass is 269 g/mol. The van der Waals surface area contributed by atoms with Crippen LogP contribution in [0.15, 0.2) is 0 Å². The molecule has 1 saturated carbocycles. The lowest BCUT2D eigenvalue weighted by Crippen LogP contribution is -2.45. The molecule has 1 aliphatic carbocycles. The Labute approximate surface area is 113 Å². The summed E-state index contributed by atoms with van der Waals surface area (Å²) in [7, 11) is 0. The maximum absolute atomic E-state index is 12.4. The molecule has 2 heterocycles. The van der Waals surface area contributed by atoms with Gasteiger partial charge >= 0.3 is 5.97 Å². The highest BCUT2D eigenvalue weighted by molar-refractivity contribution is 5.80. The molecule has 3 rings (SSSR count). The summed E-state index contributed by atoms with van der Waals surface area (Å²) >= 11 is 0. The third-order valence-corrected chi connectivity index (χ3v) is 4.36. The maximum atomic E-state index is 12.4. The molecule has 108 valence electrons. The number of ether oxygens (including phenoxy) is 2. The molecule has 0 aromatic rings. The normalized spacial score (nSPS) is 37.4. The second-order valence-electron chi connectivity index (χ2n) is 6.41. The molecule has 3 fully saturated rings. The van der Waals surface area contributed by atoms with E-state index in [1.54, 1.807) is 0 Å². The van der Waals surface area contributed by atoms with Crippen molar-refractivity contribution in [2.24, 2.45) is 11.8 Å². The van der Waals surface area contributed by atoms with Crippen molar-refractivity contribution in [3.8, 4) is 0 Å². The van der Waals surface area contributed by atoms with E-state index < -0.39 is 11.6 Å². The Morgan fingerprint density at radius 1 is 1.32 bits per heavy atom. The van der Waals surface area contributed by atoms with E-state index in [4.69, 9.17) is 14.3 Å². The summed E-state index contributed by atoms with van der Waals surface area (Å²) in [6.07, 6.45) is 5.75. The third kappa shape index (κ3) is 2.18. The summed E-state index contributed by atoms with van der Waals surface area (Å²) in [6, 6.07) is 0. The van der Waals surface area contributed by atoms with Crippen molar-refractivity contribution in [3.63, 3.8) is 0 Å². The number of carbonyl (C=O) groups excluding carboxylic acids is 1. The van der Waals surface area contributed by atoms with E-state index in [1.165, 1.54) is 6.42 Å². The summed E-state index contributed by atoms with van der Waals surface area (Å²) in [5, 5.41) is 0. The molecule has 19 heavy (non-hydrogen) atoms. The molecular formula is C14H23NO4. The van der Waals surface area contributed by atoms with Crippen LogP contribution in [0.5, 0.6) is 0 Å². The van der Waals surface area contributed by atoms with Crippen molar-refractivity contribution >= 4 is 5.97 Å². The molecule has 0 radical (unpaired) electrons. The van der Waals surface area contributed by atoms with E-state index in [9.17, 15) is 4.79 Å². The highest BCUT2D eigenvalue weighted by Crippen LogP contribution is 2.48. The van der Waals surface area contributed by atoms with Crippen LogP contribution in [-0.2, 0) is 19.1 Å². The number of hydroxylamine groups is 1. The molecular weight excluding hydrogens is 246 g/mol. The Morgan fingerprint density at radius 2 is 2.05 bits per heavy atom. The van der Waals surface area contributed by atoms with Gasteiger partial charge < -0.3 is 4.74 Å². The summed E-state index contributed by atoms with van der Waals surface area (Å²) in [5.74, 6) is -1.76. The van der Waals surface area contributed by atoms with Crippen LogP contribution in [0.3, 0.4) is 0 Å². The molecule has 2 unspecified atom stereocenters. The van der Waals surface area contributed by atoms with Crippen LogP contribution in [0.4, 0.5) is 0 Å². The van der Waals surface area contributed by atoms with Crippen LogP contribution >= 0.6 is 0 Å². The molecule has 0 aromatic heterocycles. The number of nitrogens with one attached hydrogen (secondary N) is 1. The van der Waals surface area contributed by atoms with E-state index in [1.807, 2.05) is 0 Å². The lowest BCUT2D eigenvalue weighted by atomic mass is 9.90. The van der Waals surface area contributed by atoms with Crippen LogP contribution in [0.25, 0.3) is 0 Å². The molecule has 5 heteroatoms. The Kier molecular flexibility index (Phi) is 3.31. The summed E-state index contributed by atoms with van der Waals surface area (Å²) < 4.78 is 11.7. The van der Waals surface area contributed by atoms with Crippen molar-refractivity contribution in [2.45, 2.75) is 63.9 Å². The fraction of sp³-hybridized carbons (Fsp3) is 0.929. The lowest BCUT2D eigenvalue weighted by Gasteiger charge is -2.32. The predicted molar refractivity (Wildman–Crippen MR) is 67.8 cm³/mol. The Balaban J connectivity index is 1.81. The van der Waals surface area contributed by atoms with Crippen LogP contribution in [0.2, 0.25) is 0 Å². The largest absolute Gasteiger partial charge is 0.429 e. The smallest absolute Gasteiger partial charge is 0.371 e. The highest BCUT2D eigenvalue weighted by Gasteiger charge is 2.65. The van der Waals surface area contributed by atoms with Gasteiger partial charge in [-0.1, -0.05) is 20.3 Å². The number of carbonyl (C=O) groups is 1. The first kappa shape index (κ1) is 13.3. The first-order valence-electron chi connectivity index (χ1n) is 7.41. The molecule has 0 bridgehead atoms. The Bertz CT molecular complexity index is 364. The third-order valence-electron chi connectivity index (χ3n) is 4.36. The number of esters is 1. The summed E-state index contributed by atoms with van der Waals surface area (Å²) in [5.41, 5.74) is 2.84. The van der Waals surface area contributed by atoms with Crippen molar-refractivity contribution in [1.29, 1.82) is 0 Å². The van der Waals surface area contributed by atoms with E-state index in [2.05, 4.69) is 19.3 Å². The number of hydrogen-bond acceptors (Lipinski definition) is 5. The fourth-order valence-electron chi connectivity index (χ4n) is 3.46. The molecule has 2 saturated heterocycles. The second kappa shape index (κ2) is 4.72. The van der Waals surface area contributed by atoms with Gasteiger partial charge in [0.25, 0.3) is 5.79 Å². The molecule has 3 aliphatic rings. The highest BCUT2D eigenvalue weighted by atomic mass is 16.9. The van der Waals surface area contributed by atoms with Gasteiger partial charge in [-0.05, 0) is 25.2 Å². The Morgan fingerprint density at radius 3 is 2.74 bits per heavy atom. The zero-order valence-corrected chi connectivity index (χ0v) is 11.7. The van der Waals surface area contributed by atoms with Crippen molar-refractivity contribution < 1.29 is 19.1 Å². The van der Waals surface area contributed by atoms with Gasteiger partial charge in [-0.3, -0.25) is 9.57 Å². The minimum absolute atomic E-state index is 0.0290. The topological polar surface area (TPSA) is 56.8 Å².